The molecule has 0 radical (unpaired) electrons. The van der Waals surface area contributed by atoms with E-state index in [1.165, 1.54) is 11.3 Å². The molecule has 0 N–H and O–H groups in total. The first-order valence-electron chi connectivity index (χ1n) is 10.1. The van der Waals surface area contributed by atoms with E-state index >= 15 is 0 Å². The number of hydrogen-bond acceptors (Lipinski definition) is 7. The summed E-state index contributed by atoms with van der Waals surface area (Å²) in [7, 11) is -1.83. The van der Waals surface area contributed by atoms with Crippen LogP contribution < -0.4 is 9.47 Å². The van der Waals surface area contributed by atoms with Crippen molar-refractivity contribution in [3.05, 3.63) is 48.5 Å². The van der Waals surface area contributed by atoms with Gasteiger partial charge < -0.3 is 14.4 Å². The summed E-state index contributed by atoms with van der Waals surface area (Å²) in [5, 5.41) is 0.613. The molecule has 0 saturated carbocycles. The number of likely N-dealkylation sites (tertiary alicyclic amines) is 1. The van der Waals surface area contributed by atoms with Crippen LogP contribution in [0.25, 0.3) is 10.2 Å². The van der Waals surface area contributed by atoms with E-state index < -0.39 is 9.84 Å². The zero-order chi connectivity index (χ0) is 21.8. The van der Waals surface area contributed by atoms with Crippen LogP contribution in [0.15, 0.2) is 53.4 Å². The van der Waals surface area contributed by atoms with Crippen LogP contribution in [0.1, 0.15) is 19.3 Å². The molecule has 1 aromatic heterocycles. The Labute approximate surface area is 185 Å². The predicted octanol–water partition coefficient (Wildman–Crippen LogP) is 3.54. The van der Waals surface area contributed by atoms with Crippen LogP contribution in [-0.2, 0) is 14.6 Å². The molecule has 1 fully saturated rings. The van der Waals surface area contributed by atoms with Gasteiger partial charge in [0.05, 0.1) is 28.0 Å². The summed E-state index contributed by atoms with van der Waals surface area (Å²) in [6.45, 7) is 1.10. The molecule has 0 unspecified atom stereocenters. The molecule has 1 aliphatic rings. The minimum atomic E-state index is -3.45. The predicted molar refractivity (Wildman–Crippen MR) is 120 cm³/mol. The number of fused-ring (bicyclic) bond motifs is 1. The molecular formula is C22H24N2O5S2. The van der Waals surface area contributed by atoms with E-state index in [0.29, 0.717) is 31.1 Å². The van der Waals surface area contributed by atoms with E-state index in [0.717, 1.165) is 16.0 Å². The molecule has 31 heavy (non-hydrogen) atoms. The van der Waals surface area contributed by atoms with Crippen molar-refractivity contribution in [1.82, 2.24) is 9.88 Å². The maximum atomic E-state index is 12.5. The molecule has 0 aliphatic carbocycles. The van der Waals surface area contributed by atoms with E-state index in [2.05, 4.69) is 4.98 Å². The molecule has 7 nitrogen and oxygen atoms in total. The van der Waals surface area contributed by atoms with Gasteiger partial charge in [0.25, 0.3) is 5.19 Å². The third kappa shape index (κ3) is 5.16. The first-order valence-corrected chi connectivity index (χ1v) is 12.6. The molecule has 4 rings (SSSR count). The highest BCUT2D eigenvalue weighted by Gasteiger charge is 2.26. The normalized spacial score (nSPS) is 15.2. The number of ether oxygens (including phenoxy) is 2. The molecule has 0 spiro atoms. The molecule has 2 aromatic carbocycles. The van der Waals surface area contributed by atoms with Gasteiger partial charge >= 0.3 is 0 Å². The van der Waals surface area contributed by atoms with Crippen molar-refractivity contribution in [2.75, 3.05) is 26.0 Å². The zero-order valence-corrected chi connectivity index (χ0v) is 18.8. The van der Waals surface area contributed by atoms with Gasteiger partial charge in [-0.05, 0) is 24.3 Å². The number of sulfone groups is 1. The van der Waals surface area contributed by atoms with Crippen molar-refractivity contribution < 1.29 is 22.7 Å². The van der Waals surface area contributed by atoms with Gasteiger partial charge in [-0.1, -0.05) is 29.5 Å². The summed E-state index contributed by atoms with van der Waals surface area (Å²) in [5.41, 5.74) is 0.839. The fraction of sp³-hybridized carbons (Fsp3) is 0.364. The van der Waals surface area contributed by atoms with Gasteiger partial charge in [-0.15, -0.1) is 0 Å². The molecule has 2 heterocycles. The maximum absolute atomic E-state index is 12.5. The standard InChI is InChI=1S/C22H24N2O5S2/c1-28-17-7-8-20-19(15-17)23-22(30-20)29-16-9-12-24(13-10-16)21(25)11-14-31(26,27)18-5-3-2-4-6-18/h2-8,15-16H,9-14H2,1H3. The molecule has 1 amide bonds. The maximum Gasteiger partial charge on any atom is 0.274 e. The highest BCUT2D eigenvalue weighted by molar-refractivity contribution is 7.91. The van der Waals surface area contributed by atoms with Gasteiger partial charge in [0, 0.05) is 38.4 Å². The summed E-state index contributed by atoms with van der Waals surface area (Å²) in [6, 6.07) is 14.0. The Bertz CT molecular complexity index is 1150. The number of aromatic nitrogens is 1. The van der Waals surface area contributed by atoms with Crippen LogP contribution in [0.2, 0.25) is 0 Å². The molecule has 0 atom stereocenters. The molecule has 164 valence electrons. The molecule has 1 saturated heterocycles. The average Bonchev–Trinajstić information content (AvgIpc) is 3.20. The second-order valence-corrected chi connectivity index (χ2v) is 10.5. The van der Waals surface area contributed by atoms with Gasteiger partial charge in [0.15, 0.2) is 9.84 Å². The quantitative estimate of drug-likeness (QED) is 0.536. The summed E-state index contributed by atoms with van der Waals surface area (Å²) >= 11 is 1.49. The smallest absolute Gasteiger partial charge is 0.274 e. The second kappa shape index (κ2) is 9.23. The summed E-state index contributed by atoms with van der Waals surface area (Å²) in [6.07, 6.45) is 1.36. The highest BCUT2D eigenvalue weighted by atomic mass is 32.2. The lowest BCUT2D eigenvalue weighted by molar-refractivity contribution is -0.132. The van der Waals surface area contributed by atoms with Crippen molar-refractivity contribution in [1.29, 1.82) is 0 Å². The molecule has 1 aliphatic heterocycles. The number of benzene rings is 2. The summed E-state index contributed by atoms with van der Waals surface area (Å²) in [5.74, 6) is 0.442. The number of nitrogens with zero attached hydrogens (tertiary/aromatic N) is 2. The minimum absolute atomic E-state index is 0.0115. The van der Waals surface area contributed by atoms with Crippen LogP contribution in [0, 0.1) is 0 Å². The van der Waals surface area contributed by atoms with Gasteiger partial charge in [-0.3, -0.25) is 4.79 Å². The van der Waals surface area contributed by atoms with Crippen molar-refractivity contribution in [2.24, 2.45) is 0 Å². The number of amides is 1. The minimum Gasteiger partial charge on any atom is -0.497 e. The van der Waals surface area contributed by atoms with E-state index in [4.69, 9.17) is 9.47 Å². The number of methoxy groups -OCH3 is 1. The fourth-order valence-corrected chi connectivity index (χ4v) is 5.67. The largest absolute Gasteiger partial charge is 0.497 e. The van der Waals surface area contributed by atoms with Crippen LogP contribution >= 0.6 is 11.3 Å². The van der Waals surface area contributed by atoms with Crippen molar-refractivity contribution in [3.63, 3.8) is 0 Å². The van der Waals surface area contributed by atoms with Crippen molar-refractivity contribution >= 4 is 37.3 Å². The zero-order valence-electron chi connectivity index (χ0n) is 17.2. The number of piperidine rings is 1. The molecule has 3 aromatic rings. The lowest BCUT2D eigenvalue weighted by atomic mass is 10.1. The Morgan fingerprint density at radius 1 is 1.16 bits per heavy atom. The number of rotatable bonds is 7. The number of carbonyl (C=O) groups is 1. The van der Waals surface area contributed by atoms with Crippen LogP contribution in [0.4, 0.5) is 0 Å². The van der Waals surface area contributed by atoms with E-state index in [9.17, 15) is 13.2 Å². The Hall–Kier alpha value is -2.65. The van der Waals surface area contributed by atoms with Crippen LogP contribution in [0.5, 0.6) is 10.9 Å². The Morgan fingerprint density at radius 3 is 2.61 bits per heavy atom. The Kier molecular flexibility index (Phi) is 6.43. The van der Waals surface area contributed by atoms with E-state index in [1.54, 1.807) is 42.3 Å². The van der Waals surface area contributed by atoms with Crippen LogP contribution in [-0.4, -0.2) is 56.3 Å². The highest BCUT2D eigenvalue weighted by Crippen LogP contribution is 2.32. The van der Waals surface area contributed by atoms with Crippen molar-refractivity contribution in [2.45, 2.75) is 30.3 Å². The van der Waals surface area contributed by atoms with Gasteiger partial charge in [-0.2, -0.15) is 0 Å². The lowest BCUT2D eigenvalue weighted by Crippen LogP contribution is -2.42. The lowest BCUT2D eigenvalue weighted by Gasteiger charge is -2.31. The first kappa shape index (κ1) is 21.6. The topological polar surface area (TPSA) is 85.8 Å². The number of carbonyl (C=O) groups excluding carboxylic acids is 1. The first-order chi connectivity index (χ1) is 14.9. The summed E-state index contributed by atoms with van der Waals surface area (Å²) in [4.78, 5) is 19.0. The molecule has 0 bridgehead atoms. The van der Waals surface area contributed by atoms with Gasteiger partial charge in [0.2, 0.25) is 5.91 Å². The fourth-order valence-electron chi connectivity index (χ4n) is 3.55. The SMILES string of the molecule is COc1ccc2sc(OC3CCN(C(=O)CCS(=O)(=O)c4ccccc4)CC3)nc2c1. The number of thiazole rings is 1. The summed E-state index contributed by atoms with van der Waals surface area (Å²) < 4.78 is 37.1. The van der Waals surface area contributed by atoms with Gasteiger partial charge in [0.1, 0.15) is 11.9 Å². The average molecular weight is 461 g/mol. The van der Waals surface area contributed by atoms with Gasteiger partial charge in [-0.25, -0.2) is 13.4 Å². The Morgan fingerprint density at radius 2 is 1.90 bits per heavy atom. The second-order valence-electron chi connectivity index (χ2n) is 7.39. The van der Waals surface area contributed by atoms with E-state index in [1.807, 2.05) is 18.2 Å². The third-order valence-corrected chi connectivity index (χ3v) is 7.98. The van der Waals surface area contributed by atoms with E-state index in [-0.39, 0.29) is 29.1 Å². The van der Waals surface area contributed by atoms with Crippen LogP contribution in [0.3, 0.4) is 0 Å². The third-order valence-electron chi connectivity index (χ3n) is 5.32. The van der Waals surface area contributed by atoms with Crippen molar-refractivity contribution in [3.8, 4) is 10.9 Å². The Balaban J connectivity index is 1.28. The number of hydrogen-bond donors (Lipinski definition) is 0. The molecular weight excluding hydrogens is 436 g/mol. The monoisotopic (exact) mass is 460 g/mol. The molecule has 9 heteroatoms.